The molecule has 2 aromatic carbocycles. The van der Waals surface area contributed by atoms with Crippen molar-refractivity contribution in [2.45, 2.75) is 210 Å². The average Bonchev–Trinajstić information content (AvgIpc) is 2.34. The fourth-order valence-corrected chi connectivity index (χ4v) is 11.6. The van der Waals surface area contributed by atoms with Gasteiger partial charge in [0.05, 0.1) is 48.1 Å². The zero-order valence-corrected chi connectivity index (χ0v) is 55.3. The van der Waals surface area contributed by atoms with Gasteiger partial charge < -0.3 is 35.3 Å². The van der Waals surface area contributed by atoms with E-state index in [4.69, 9.17) is 9.47 Å². The normalized spacial score (nSPS) is 17.4. The number of Topliss-reactive ketones (excluding diaryl/α,β-unsaturated/α-hetero) is 1. The standard InChI is InChI=1S/C37H52N4O5.C28H49N5O6.C2H6/c1-7-24(2)25(3)33(45-5)21-34(42)41-19-13-18-32(41)35(46-6)26(4)36(43)40-31(37(44)39-22-27-14-9-8-10-15-27)20-28-23-38-30-17-12-11-16-29(28)30;1-18(2)24(20(5)34)29-26(38)25(19(3)4)32(8)15-12-14-22(36)31-30-21(35)13-10-9-11-16-33-23(37)17-28(6,7)27(33)39;1-2/h8-12,14-17,23-26,31-33,35,38H,7,13,18-22H2,1-6H3,(H,39,44)(H,40,43);18-19,24-25H,9-17H2,1-8H3,(H,29,38)(H,30,35)(H,31,36);1-2H3/t24?,25?,26?,31-,32?,33?,35?;24-,25?;/m00./s1. The van der Waals surface area contributed by atoms with Gasteiger partial charge in [0.25, 0.3) is 0 Å². The van der Waals surface area contributed by atoms with Crippen molar-refractivity contribution in [3.8, 4) is 0 Å². The molecule has 9 atom stereocenters. The molecule has 0 radical (unpaired) electrons. The summed E-state index contributed by atoms with van der Waals surface area (Å²) in [5.74, 6) is -1.67. The molecule has 0 aliphatic carbocycles. The lowest BCUT2D eigenvalue weighted by atomic mass is 9.87. The highest BCUT2D eigenvalue weighted by atomic mass is 16.5. The topological polar surface area (TPSA) is 258 Å². The van der Waals surface area contributed by atoms with Gasteiger partial charge in [0, 0.05) is 76.6 Å². The minimum absolute atomic E-state index is 0.00561. The first kappa shape index (κ1) is 74.7. The Bertz CT molecular complexity index is 2680. The lowest BCUT2D eigenvalue weighted by Gasteiger charge is -2.35. The molecule has 0 spiro atoms. The molecule has 3 aromatic rings. The number of nitrogens with zero attached hydrogens (tertiary/aromatic N) is 3. The Morgan fingerprint density at radius 2 is 1.41 bits per heavy atom. The maximum Gasteiger partial charge on any atom is 0.243 e. The van der Waals surface area contributed by atoms with Crippen molar-refractivity contribution >= 4 is 63.9 Å². The van der Waals surface area contributed by atoms with E-state index in [1.165, 1.54) is 11.8 Å². The summed E-state index contributed by atoms with van der Waals surface area (Å²) < 4.78 is 11.7. The first-order chi connectivity index (χ1) is 41.3. The molecular formula is C67H107N9O11. The first-order valence-electron chi connectivity index (χ1n) is 31.7. The Hall–Kier alpha value is -6.51. The van der Waals surface area contributed by atoms with Gasteiger partial charge in [-0.3, -0.25) is 63.8 Å². The SMILES string of the molecule is CC.CC(=O)[C@@H](NC(=O)C(C(C)C)N(C)CCCC(=O)NNC(=O)CCCCCN1C(=O)CC(C)(C)C1=O)C(C)C.CCC(C)C(C)C(CC(=O)N1CCCC1C(OC)C(C)C(=O)N[C@@H](Cc1c[nH]c2ccccc12)C(=O)NCc1ccccc1)OC. The minimum atomic E-state index is -0.804. The smallest absolute Gasteiger partial charge is 0.243 e. The fraction of sp³-hybridized carbons (Fsp3) is 0.657. The van der Waals surface area contributed by atoms with E-state index in [9.17, 15) is 43.2 Å². The number of carbonyl (C=O) groups is 9. The number of aromatic amines is 1. The van der Waals surface area contributed by atoms with E-state index in [0.717, 1.165) is 41.3 Å². The van der Waals surface area contributed by atoms with Crippen LogP contribution in [-0.4, -0.2) is 150 Å². The summed E-state index contributed by atoms with van der Waals surface area (Å²) in [4.78, 5) is 123. The third kappa shape index (κ3) is 22.9. The molecule has 2 saturated heterocycles. The Kier molecular flexibility index (Phi) is 32.1. The highest BCUT2D eigenvalue weighted by Gasteiger charge is 2.45. The number of unbranched alkanes of at least 4 members (excludes halogenated alkanes) is 2. The second-order valence-electron chi connectivity index (χ2n) is 24.8. The third-order valence-corrected chi connectivity index (χ3v) is 17.1. The van der Waals surface area contributed by atoms with Crippen molar-refractivity contribution in [3.05, 3.63) is 71.9 Å². The molecule has 7 unspecified atom stereocenters. The van der Waals surface area contributed by atoms with Crippen LogP contribution >= 0.6 is 0 Å². The molecule has 1 aromatic heterocycles. The quantitative estimate of drug-likeness (QED) is 0.0196. The predicted octanol–water partition coefficient (Wildman–Crippen LogP) is 8.21. The first-order valence-corrected chi connectivity index (χ1v) is 31.7. The van der Waals surface area contributed by atoms with Crippen LogP contribution in [-0.2, 0) is 65.6 Å². The number of nitrogens with one attached hydrogen (secondary N) is 6. The monoisotopic (exact) mass is 1210 g/mol. The molecule has 0 bridgehead atoms. The maximum atomic E-state index is 13.9. The number of para-hydroxylation sites is 1. The Balaban J connectivity index is 0.000000449. The Labute approximate surface area is 518 Å². The summed E-state index contributed by atoms with van der Waals surface area (Å²) in [5.41, 5.74) is 7.08. The lowest BCUT2D eigenvalue weighted by Crippen LogP contribution is -2.54. The van der Waals surface area contributed by atoms with Gasteiger partial charge in [-0.2, -0.15) is 0 Å². The molecular weight excluding hydrogens is 1110 g/mol. The van der Waals surface area contributed by atoms with Gasteiger partial charge in [-0.15, -0.1) is 0 Å². The number of rotatable bonds is 32. The molecule has 2 fully saturated rings. The predicted molar refractivity (Wildman–Crippen MR) is 340 cm³/mol. The number of hydrogen-bond donors (Lipinski definition) is 6. The number of carbonyl (C=O) groups excluding carboxylic acids is 9. The van der Waals surface area contributed by atoms with Crippen LogP contribution in [0.5, 0.6) is 0 Å². The van der Waals surface area contributed by atoms with Gasteiger partial charge in [0.2, 0.25) is 47.3 Å². The number of ether oxygens (including phenoxy) is 2. The highest BCUT2D eigenvalue weighted by Crippen LogP contribution is 2.33. The number of fused-ring (bicyclic) bond motifs is 1. The largest absolute Gasteiger partial charge is 0.381 e. The fourth-order valence-electron chi connectivity index (χ4n) is 11.6. The number of likely N-dealkylation sites (N-methyl/N-ethyl adjacent to an activating group) is 1. The van der Waals surface area contributed by atoms with E-state index in [1.807, 2.05) is 126 Å². The van der Waals surface area contributed by atoms with Gasteiger partial charge in [0.1, 0.15) is 6.04 Å². The van der Waals surface area contributed by atoms with E-state index in [0.29, 0.717) is 70.6 Å². The van der Waals surface area contributed by atoms with Crippen LogP contribution in [0.25, 0.3) is 10.9 Å². The zero-order valence-electron chi connectivity index (χ0n) is 55.3. The van der Waals surface area contributed by atoms with E-state index in [2.05, 4.69) is 52.6 Å². The lowest BCUT2D eigenvalue weighted by molar-refractivity contribution is -0.143. The van der Waals surface area contributed by atoms with Gasteiger partial charge in [-0.25, -0.2) is 0 Å². The van der Waals surface area contributed by atoms with Crippen LogP contribution in [0, 0.1) is 35.0 Å². The number of amides is 8. The molecule has 87 heavy (non-hydrogen) atoms. The van der Waals surface area contributed by atoms with Gasteiger partial charge in [-0.1, -0.05) is 144 Å². The van der Waals surface area contributed by atoms with Crippen molar-refractivity contribution in [2.24, 2.45) is 35.0 Å². The van der Waals surface area contributed by atoms with Gasteiger partial charge in [-0.05, 0) is 93.5 Å². The third-order valence-electron chi connectivity index (χ3n) is 17.1. The van der Waals surface area contributed by atoms with Crippen molar-refractivity contribution in [1.29, 1.82) is 0 Å². The van der Waals surface area contributed by atoms with Crippen molar-refractivity contribution in [1.82, 2.24) is 46.5 Å². The molecule has 0 saturated carbocycles. The van der Waals surface area contributed by atoms with Crippen LogP contribution in [0.15, 0.2) is 60.8 Å². The van der Waals surface area contributed by atoms with Crippen molar-refractivity contribution in [3.63, 3.8) is 0 Å². The molecule has 2 aliphatic rings. The summed E-state index contributed by atoms with van der Waals surface area (Å²) in [6, 6.07) is 15.6. The van der Waals surface area contributed by atoms with E-state index >= 15 is 0 Å². The van der Waals surface area contributed by atoms with Gasteiger partial charge >= 0.3 is 0 Å². The molecule has 20 nitrogen and oxygen atoms in total. The summed E-state index contributed by atoms with van der Waals surface area (Å²) in [6.07, 6.45) is 7.42. The van der Waals surface area contributed by atoms with Crippen LogP contribution in [0.4, 0.5) is 0 Å². The zero-order chi connectivity index (χ0) is 65.1. The number of ketones is 1. The molecule has 2 aliphatic heterocycles. The molecule has 6 N–H and O–H groups in total. The second-order valence-corrected chi connectivity index (χ2v) is 24.8. The van der Waals surface area contributed by atoms with Crippen LogP contribution in [0.3, 0.4) is 0 Å². The van der Waals surface area contributed by atoms with E-state index in [1.54, 1.807) is 28.1 Å². The number of H-pyrrole nitrogens is 1. The van der Waals surface area contributed by atoms with E-state index < -0.39 is 35.6 Å². The van der Waals surface area contributed by atoms with E-state index in [-0.39, 0.29) is 102 Å². The van der Waals surface area contributed by atoms with Gasteiger partial charge in [0.15, 0.2) is 5.78 Å². The molecule has 8 amide bonds. The summed E-state index contributed by atoms with van der Waals surface area (Å²) >= 11 is 0. The molecule has 3 heterocycles. The molecule has 5 rings (SSSR count). The number of benzene rings is 2. The maximum absolute atomic E-state index is 13.9. The highest BCUT2D eigenvalue weighted by molar-refractivity contribution is 6.05. The second kappa shape index (κ2) is 37.4. The number of hydrogen-bond acceptors (Lipinski definition) is 12. The van der Waals surface area contributed by atoms with Crippen molar-refractivity contribution < 1.29 is 52.6 Å². The molecule has 20 heteroatoms. The Morgan fingerprint density at radius 3 is 1.99 bits per heavy atom. The summed E-state index contributed by atoms with van der Waals surface area (Å²) in [5, 5.41) is 9.93. The van der Waals surface area contributed by atoms with Crippen LogP contribution in [0.2, 0.25) is 0 Å². The number of hydrazine groups is 1. The van der Waals surface area contributed by atoms with Crippen LogP contribution in [0.1, 0.15) is 172 Å². The number of likely N-dealkylation sites (tertiary alicyclic amines) is 2. The summed E-state index contributed by atoms with van der Waals surface area (Å²) in [6.45, 7) is 26.8. The molecule has 486 valence electrons. The minimum Gasteiger partial charge on any atom is -0.381 e. The number of imide groups is 1. The van der Waals surface area contributed by atoms with Crippen molar-refractivity contribution in [2.75, 3.05) is 40.9 Å². The number of aromatic nitrogens is 1. The summed E-state index contributed by atoms with van der Waals surface area (Å²) in [7, 11) is 5.08. The Morgan fingerprint density at radius 1 is 0.782 bits per heavy atom. The van der Waals surface area contributed by atoms with Crippen LogP contribution < -0.4 is 26.8 Å². The average molecular weight is 1210 g/mol. The number of methoxy groups -OCH3 is 2.